The summed E-state index contributed by atoms with van der Waals surface area (Å²) in [6.45, 7) is 1.08. The molecule has 2 aromatic carbocycles. The van der Waals surface area contributed by atoms with E-state index in [9.17, 15) is 29.4 Å². The van der Waals surface area contributed by atoms with Crippen LogP contribution in [0.1, 0.15) is 6.42 Å². The molecule has 0 radical (unpaired) electrons. The molecule has 1 heterocycles. The second-order valence-electron chi connectivity index (χ2n) is 10.8. The molecule has 4 N–H and O–H groups in total. The molecule has 51 heavy (non-hydrogen) atoms. The maximum atomic E-state index is 12.7. The number of anilines is 2. The number of carboxylic acid groups (broad SMARTS) is 2. The smallest absolute Gasteiger partial charge is 0.411 e. The van der Waals surface area contributed by atoms with E-state index in [0.29, 0.717) is 71.5 Å². The molecule has 0 spiro atoms. The fourth-order valence-corrected chi connectivity index (χ4v) is 5.44. The van der Waals surface area contributed by atoms with Gasteiger partial charge in [0.15, 0.2) is 23.0 Å². The van der Waals surface area contributed by atoms with Gasteiger partial charge in [0.2, 0.25) is 11.5 Å². The van der Waals surface area contributed by atoms with Crippen LogP contribution in [0.5, 0.6) is 34.5 Å². The quantitative estimate of drug-likeness (QED) is 0.173. The molecule has 1 aliphatic rings. The number of rotatable bonds is 17. The fourth-order valence-electron chi connectivity index (χ4n) is 5.44. The van der Waals surface area contributed by atoms with Gasteiger partial charge in [-0.25, -0.2) is 19.2 Å². The van der Waals surface area contributed by atoms with Crippen LogP contribution in [0.15, 0.2) is 35.9 Å². The molecule has 1 fully saturated rings. The Morgan fingerprint density at radius 1 is 0.706 bits per heavy atom. The lowest BCUT2D eigenvalue weighted by Gasteiger charge is -2.32. The molecular weight excluding hydrogens is 676 g/mol. The lowest BCUT2D eigenvalue weighted by Crippen LogP contribution is -2.46. The van der Waals surface area contributed by atoms with E-state index in [0.717, 1.165) is 0 Å². The minimum Gasteiger partial charge on any atom is -0.493 e. The van der Waals surface area contributed by atoms with E-state index in [-0.39, 0.29) is 38.4 Å². The normalized spacial score (nSPS) is 15.1. The van der Waals surface area contributed by atoms with E-state index in [1.807, 2.05) is 4.90 Å². The Morgan fingerprint density at radius 2 is 1.16 bits per heavy atom. The van der Waals surface area contributed by atoms with Crippen molar-refractivity contribution in [2.45, 2.75) is 12.5 Å². The van der Waals surface area contributed by atoms with Crippen molar-refractivity contribution in [3.8, 4) is 34.5 Å². The number of nitrogens with zero attached hydrogens (tertiary/aromatic N) is 2. The van der Waals surface area contributed by atoms with Gasteiger partial charge < -0.3 is 48.1 Å². The average molecular weight is 721 g/mol. The summed E-state index contributed by atoms with van der Waals surface area (Å²) in [5, 5.41) is 24.6. The maximum absolute atomic E-state index is 12.7. The number of ether oxygens (including phenoxy) is 8. The Kier molecular flexibility index (Phi) is 15.3. The number of aliphatic carboxylic acids is 2. The van der Waals surface area contributed by atoms with Crippen LogP contribution in [0.4, 0.5) is 21.0 Å². The number of benzene rings is 2. The molecule has 18 nitrogen and oxygen atoms in total. The van der Waals surface area contributed by atoms with Crippen molar-refractivity contribution in [2.75, 3.05) is 99.2 Å². The van der Waals surface area contributed by atoms with Gasteiger partial charge in [0, 0.05) is 56.5 Å². The third-order valence-corrected chi connectivity index (χ3v) is 7.75. The molecule has 1 saturated heterocycles. The van der Waals surface area contributed by atoms with Crippen LogP contribution < -0.4 is 39.1 Å². The van der Waals surface area contributed by atoms with E-state index in [4.69, 9.17) is 37.9 Å². The summed E-state index contributed by atoms with van der Waals surface area (Å²) in [5.41, 5.74) is 0.302. The Bertz CT molecular complexity index is 1520. The number of carboxylic acids is 2. The second kappa shape index (κ2) is 19.5. The fraction of sp³-hybridized carbons (Fsp3) is 0.455. The Morgan fingerprint density at radius 3 is 1.55 bits per heavy atom. The number of amides is 2. The minimum atomic E-state index is -1.42. The molecule has 280 valence electrons. The number of carbonyl (C=O) groups excluding carboxylic acids is 2. The molecule has 0 aromatic heterocycles. The van der Waals surface area contributed by atoms with Crippen molar-refractivity contribution in [2.24, 2.45) is 0 Å². The van der Waals surface area contributed by atoms with Crippen LogP contribution in [0.2, 0.25) is 0 Å². The first kappa shape index (κ1) is 39.8. The Hall–Kier alpha value is -5.62. The molecule has 0 bridgehead atoms. The van der Waals surface area contributed by atoms with Gasteiger partial charge in [-0.3, -0.25) is 20.4 Å². The predicted octanol–water partition coefficient (Wildman–Crippen LogP) is 3.01. The van der Waals surface area contributed by atoms with Crippen molar-refractivity contribution in [1.82, 2.24) is 9.80 Å². The van der Waals surface area contributed by atoms with E-state index in [1.165, 1.54) is 54.8 Å². The first-order valence-electron chi connectivity index (χ1n) is 15.6. The lowest BCUT2D eigenvalue weighted by atomic mass is 10.0. The van der Waals surface area contributed by atoms with Crippen LogP contribution in [0, 0.1) is 0 Å². The molecule has 0 aliphatic carbocycles. The number of nitrogens with one attached hydrogen (secondary N) is 2. The van der Waals surface area contributed by atoms with Gasteiger partial charge in [-0.2, -0.15) is 0 Å². The highest BCUT2D eigenvalue weighted by Gasteiger charge is 2.32. The van der Waals surface area contributed by atoms with Crippen molar-refractivity contribution < 1.29 is 67.3 Å². The predicted molar refractivity (Wildman–Crippen MR) is 182 cm³/mol. The zero-order chi connectivity index (χ0) is 37.5. The summed E-state index contributed by atoms with van der Waals surface area (Å²) in [5.74, 6) is -0.824. The lowest BCUT2D eigenvalue weighted by molar-refractivity contribution is -0.135. The zero-order valence-corrected chi connectivity index (χ0v) is 29.3. The summed E-state index contributed by atoms with van der Waals surface area (Å²) >= 11 is 0. The topological polar surface area (TPSA) is 213 Å². The molecule has 3 rings (SSSR count). The molecule has 2 amide bonds. The van der Waals surface area contributed by atoms with Gasteiger partial charge >= 0.3 is 24.1 Å². The third kappa shape index (κ3) is 11.2. The van der Waals surface area contributed by atoms with Crippen molar-refractivity contribution in [3.05, 3.63) is 35.9 Å². The van der Waals surface area contributed by atoms with E-state index < -0.39 is 30.2 Å². The molecule has 2 aromatic rings. The van der Waals surface area contributed by atoms with Crippen molar-refractivity contribution >= 4 is 35.5 Å². The highest BCUT2D eigenvalue weighted by atomic mass is 16.6. The number of hydrogen-bond donors (Lipinski definition) is 4. The zero-order valence-electron chi connectivity index (χ0n) is 29.3. The van der Waals surface area contributed by atoms with Crippen LogP contribution >= 0.6 is 0 Å². The molecule has 1 unspecified atom stereocenters. The van der Waals surface area contributed by atoms with E-state index in [1.54, 1.807) is 17.0 Å². The number of carbonyl (C=O) groups is 4. The first-order valence-corrected chi connectivity index (χ1v) is 15.6. The highest BCUT2D eigenvalue weighted by Crippen LogP contribution is 2.41. The summed E-state index contributed by atoms with van der Waals surface area (Å²) < 4.78 is 42.6. The van der Waals surface area contributed by atoms with Crippen LogP contribution in [-0.4, -0.2) is 139 Å². The maximum Gasteiger partial charge on any atom is 0.411 e. The minimum absolute atomic E-state index is 0.0573. The second-order valence-corrected chi connectivity index (χ2v) is 10.8. The van der Waals surface area contributed by atoms with Crippen molar-refractivity contribution in [3.63, 3.8) is 0 Å². The summed E-state index contributed by atoms with van der Waals surface area (Å²) in [6.07, 6.45) is -0.329. The average Bonchev–Trinajstić information content (AvgIpc) is 3.31. The molecule has 18 heteroatoms. The summed E-state index contributed by atoms with van der Waals surface area (Å²) in [7, 11) is 8.67. The highest BCUT2D eigenvalue weighted by molar-refractivity contribution is 5.95. The number of hydrogen-bond acceptors (Lipinski definition) is 14. The first-order chi connectivity index (χ1) is 24.5. The van der Waals surface area contributed by atoms with Crippen LogP contribution in [0.25, 0.3) is 0 Å². The van der Waals surface area contributed by atoms with Gasteiger partial charge in [0.25, 0.3) is 0 Å². The number of methoxy groups -OCH3 is 6. The molecule has 1 atom stereocenters. The standard InChI is InChI=1S/C33H44N4O14/c1-44-24-14-20(15-25(45-2)29(24)48-5)34-32(42)50-12-10-36-8-7-9-37(23(19-36)22(31(40)41)18-28(38)39)11-13-51-33(43)35-21-16-26(46-3)30(49-6)27(17-21)47-4/h14-18,23H,7-13,19H2,1-6H3,(H,34,42)(H,35,43)(H,38,39)(H,40,41)/b22-18+. The van der Waals surface area contributed by atoms with Gasteiger partial charge in [-0.05, 0) is 13.0 Å². The SMILES string of the molecule is COc1cc(NC(=O)OCCN2CCCN(CCOC(=O)Nc3cc(OC)c(OC)c(OC)c3)C(/C(=C\C(=O)O)C(=O)O)C2)cc(OC)c1OC. The van der Waals surface area contributed by atoms with Crippen molar-refractivity contribution in [1.29, 1.82) is 0 Å². The van der Waals surface area contributed by atoms with Crippen LogP contribution in [-0.2, 0) is 19.1 Å². The van der Waals surface area contributed by atoms with E-state index >= 15 is 0 Å². The molecular formula is C33H44N4O14. The van der Waals surface area contributed by atoms with E-state index in [2.05, 4.69) is 10.6 Å². The summed E-state index contributed by atoms with van der Waals surface area (Å²) in [6, 6.07) is 5.24. The molecule has 0 saturated carbocycles. The molecule has 1 aliphatic heterocycles. The van der Waals surface area contributed by atoms with Crippen LogP contribution in [0.3, 0.4) is 0 Å². The van der Waals surface area contributed by atoms with Gasteiger partial charge in [0.05, 0.1) is 65.6 Å². The third-order valence-electron chi connectivity index (χ3n) is 7.75. The van der Waals surface area contributed by atoms with Gasteiger partial charge in [0.1, 0.15) is 13.2 Å². The van der Waals surface area contributed by atoms with Gasteiger partial charge in [-0.1, -0.05) is 0 Å². The Labute approximate surface area is 294 Å². The summed E-state index contributed by atoms with van der Waals surface area (Å²) in [4.78, 5) is 52.7. The monoisotopic (exact) mass is 720 g/mol. The largest absolute Gasteiger partial charge is 0.493 e. The Balaban J connectivity index is 1.64. The van der Waals surface area contributed by atoms with Gasteiger partial charge in [-0.15, -0.1) is 0 Å².